The van der Waals surface area contributed by atoms with Crippen LogP contribution in [0.1, 0.15) is 25.3 Å². The van der Waals surface area contributed by atoms with E-state index < -0.39 is 11.4 Å². The number of hydrogen-bond acceptors (Lipinski definition) is 3. The van der Waals surface area contributed by atoms with Gasteiger partial charge in [-0.05, 0) is 12.5 Å². The topological polar surface area (TPSA) is 53.2 Å². The molecule has 0 saturated carbocycles. The Morgan fingerprint density at radius 3 is 2.31 bits per heavy atom. The molecule has 0 spiro atoms. The molecule has 0 amide bonds. The second-order valence-corrected chi connectivity index (χ2v) is 4.08. The lowest BCUT2D eigenvalue weighted by Gasteiger charge is -1.94. The second-order valence-electron chi connectivity index (χ2n) is 3.34. The standard InChI is InChI=1S/C10H16N.CH4O3S/c1-3-4-7-11-8-5-10(2)6-9-11;1-4-5(2)3/h5-6,8-9H,3-4,7H2,1-2H3;1H3,(H,2,3)/q+1;/p-1. The Morgan fingerprint density at radius 2 is 1.94 bits per heavy atom. The minimum absolute atomic E-state index is 1.09. The van der Waals surface area contributed by atoms with Crippen LogP contribution >= 0.6 is 0 Å². The summed E-state index contributed by atoms with van der Waals surface area (Å²) in [6.45, 7) is 5.48. The molecule has 1 atom stereocenters. The summed E-state index contributed by atoms with van der Waals surface area (Å²) in [5.74, 6) is 0. The average Bonchev–Trinajstić information content (AvgIpc) is 2.29. The highest BCUT2D eigenvalue weighted by Gasteiger charge is 1.95. The van der Waals surface area contributed by atoms with Gasteiger partial charge in [0, 0.05) is 18.6 Å². The van der Waals surface area contributed by atoms with Crippen molar-refractivity contribution in [2.24, 2.45) is 0 Å². The zero-order valence-corrected chi connectivity index (χ0v) is 10.8. The van der Waals surface area contributed by atoms with Crippen molar-refractivity contribution in [3.8, 4) is 0 Å². The predicted molar refractivity (Wildman–Crippen MR) is 62.2 cm³/mol. The lowest BCUT2D eigenvalue weighted by atomic mass is 10.3. The summed E-state index contributed by atoms with van der Waals surface area (Å²) in [5.41, 5.74) is 1.33. The molecule has 1 unspecified atom stereocenters. The minimum atomic E-state index is -2.32. The van der Waals surface area contributed by atoms with Gasteiger partial charge in [0.15, 0.2) is 12.4 Å². The highest BCUT2D eigenvalue weighted by molar-refractivity contribution is 7.74. The van der Waals surface area contributed by atoms with Crippen LogP contribution in [0.5, 0.6) is 0 Å². The van der Waals surface area contributed by atoms with Crippen LogP contribution in [0.3, 0.4) is 0 Å². The Bertz CT molecular complexity index is 301. The Balaban J connectivity index is 0.000000385. The normalized spacial score (nSPS) is 11.5. The number of aromatic nitrogens is 1. The zero-order valence-electron chi connectivity index (χ0n) is 10.0. The fourth-order valence-corrected chi connectivity index (χ4v) is 1.02. The Hall–Kier alpha value is -0.780. The summed E-state index contributed by atoms with van der Waals surface area (Å²) in [4.78, 5) is 0. The second kappa shape index (κ2) is 9.45. The molecule has 1 aromatic rings. The predicted octanol–water partition coefficient (Wildman–Crippen LogP) is 1.51. The van der Waals surface area contributed by atoms with Crippen molar-refractivity contribution in [3.05, 3.63) is 30.1 Å². The molecule has 16 heavy (non-hydrogen) atoms. The minimum Gasteiger partial charge on any atom is -0.750 e. The molecule has 0 N–H and O–H groups in total. The molecule has 1 heterocycles. The van der Waals surface area contributed by atoms with E-state index in [1.165, 1.54) is 18.4 Å². The van der Waals surface area contributed by atoms with Gasteiger partial charge in [-0.15, -0.1) is 0 Å². The van der Waals surface area contributed by atoms with Gasteiger partial charge in [-0.25, -0.2) is 8.78 Å². The molecule has 1 rings (SSSR count). The molecule has 0 saturated heterocycles. The maximum absolute atomic E-state index is 9.15. The van der Waals surface area contributed by atoms with Crippen LogP contribution in [0.25, 0.3) is 0 Å². The van der Waals surface area contributed by atoms with Crippen molar-refractivity contribution >= 4 is 11.4 Å². The first-order valence-electron chi connectivity index (χ1n) is 5.19. The van der Waals surface area contributed by atoms with Crippen molar-refractivity contribution < 1.29 is 17.5 Å². The number of unbranched alkanes of at least 4 members (excludes halogenated alkanes) is 1. The highest BCUT2D eigenvalue weighted by Crippen LogP contribution is 1.91. The van der Waals surface area contributed by atoms with Crippen molar-refractivity contribution in [2.45, 2.75) is 33.2 Å². The van der Waals surface area contributed by atoms with Gasteiger partial charge in [-0.3, -0.25) is 0 Å². The first kappa shape index (κ1) is 15.2. The van der Waals surface area contributed by atoms with E-state index in [1.54, 1.807) is 0 Å². The molecule has 0 radical (unpaired) electrons. The van der Waals surface area contributed by atoms with Gasteiger partial charge in [0.25, 0.3) is 0 Å². The smallest absolute Gasteiger partial charge is 0.169 e. The number of hydrogen-bond donors (Lipinski definition) is 0. The SMILES string of the molecule is CCCC[n+]1ccc(C)cc1.COS(=O)[O-]. The molecule has 0 bridgehead atoms. The molecule has 0 aliphatic carbocycles. The van der Waals surface area contributed by atoms with E-state index in [4.69, 9.17) is 8.76 Å². The van der Waals surface area contributed by atoms with Crippen LogP contribution in [0.15, 0.2) is 24.5 Å². The van der Waals surface area contributed by atoms with E-state index in [-0.39, 0.29) is 0 Å². The summed E-state index contributed by atoms with van der Waals surface area (Å²) in [7, 11) is 1.09. The molecule has 0 fully saturated rings. The third-order valence-corrected chi connectivity index (χ3v) is 2.24. The van der Waals surface area contributed by atoms with Gasteiger partial charge in [-0.2, -0.15) is 0 Å². The molecular weight excluding hydrogens is 226 g/mol. The van der Waals surface area contributed by atoms with E-state index in [1.807, 2.05) is 0 Å². The number of aryl methyl sites for hydroxylation is 2. The van der Waals surface area contributed by atoms with Gasteiger partial charge in [0.2, 0.25) is 0 Å². The molecule has 0 aromatic carbocycles. The Labute approximate surface area is 99.8 Å². The van der Waals surface area contributed by atoms with Crippen LogP contribution in [0, 0.1) is 6.92 Å². The summed E-state index contributed by atoms with van der Waals surface area (Å²) < 4.78 is 24.2. The average molecular weight is 245 g/mol. The summed E-state index contributed by atoms with van der Waals surface area (Å²) in [6.07, 6.45) is 6.82. The largest absolute Gasteiger partial charge is 0.750 e. The number of nitrogens with zero attached hydrogens (tertiary/aromatic N) is 1. The molecular formula is C11H19NO3S. The van der Waals surface area contributed by atoms with E-state index >= 15 is 0 Å². The number of pyridine rings is 1. The van der Waals surface area contributed by atoms with Gasteiger partial charge in [0.05, 0.1) is 18.5 Å². The van der Waals surface area contributed by atoms with E-state index in [9.17, 15) is 0 Å². The fourth-order valence-electron chi connectivity index (χ4n) is 1.02. The summed E-state index contributed by atoms with van der Waals surface area (Å²) in [5, 5.41) is 0. The maximum atomic E-state index is 9.15. The van der Waals surface area contributed by atoms with E-state index in [0.29, 0.717) is 0 Å². The van der Waals surface area contributed by atoms with Crippen molar-refractivity contribution in [1.29, 1.82) is 0 Å². The van der Waals surface area contributed by atoms with Gasteiger partial charge in [-0.1, -0.05) is 13.3 Å². The van der Waals surface area contributed by atoms with Crippen LogP contribution in [-0.4, -0.2) is 15.9 Å². The quantitative estimate of drug-likeness (QED) is 0.597. The third-order valence-electron chi connectivity index (χ3n) is 1.96. The zero-order chi connectivity index (χ0) is 12.4. The lowest BCUT2D eigenvalue weighted by Crippen LogP contribution is -2.32. The molecule has 92 valence electrons. The summed E-state index contributed by atoms with van der Waals surface area (Å²) in [6, 6.07) is 4.30. The third kappa shape index (κ3) is 8.52. The first-order chi connectivity index (χ1) is 7.60. The number of rotatable bonds is 4. The Kier molecular flexibility index (Phi) is 8.99. The van der Waals surface area contributed by atoms with Gasteiger partial charge in [0.1, 0.15) is 6.54 Å². The first-order valence-corrected chi connectivity index (χ1v) is 6.19. The fraction of sp³-hybridized carbons (Fsp3) is 0.545. The Morgan fingerprint density at radius 1 is 1.44 bits per heavy atom. The molecule has 1 aromatic heterocycles. The molecule has 4 nitrogen and oxygen atoms in total. The van der Waals surface area contributed by atoms with Crippen molar-refractivity contribution in [2.75, 3.05) is 7.11 Å². The van der Waals surface area contributed by atoms with Crippen LogP contribution in [0.2, 0.25) is 0 Å². The lowest BCUT2D eigenvalue weighted by molar-refractivity contribution is -0.697. The van der Waals surface area contributed by atoms with Crippen molar-refractivity contribution in [1.82, 2.24) is 0 Å². The summed E-state index contributed by atoms with van der Waals surface area (Å²) >= 11 is -2.32. The molecule has 5 heteroatoms. The maximum Gasteiger partial charge on any atom is 0.169 e. The molecule has 0 aliphatic heterocycles. The van der Waals surface area contributed by atoms with Crippen LogP contribution in [-0.2, 0) is 22.1 Å². The van der Waals surface area contributed by atoms with Crippen LogP contribution in [0.4, 0.5) is 0 Å². The van der Waals surface area contributed by atoms with Gasteiger partial charge >= 0.3 is 0 Å². The highest BCUT2D eigenvalue weighted by atomic mass is 32.2. The van der Waals surface area contributed by atoms with Crippen LogP contribution < -0.4 is 4.57 Å². The van der Waals surface area contributed by atoms with E-state index in [0.717, 1.165) is 13.7 Å². The molecule has 0 aliphatic rings. The van der Waals surface area contributed by atoms with E-state index in [2.05, 4.69) is 47.1 Å². The van der Waals surface area contributed by atoms with Gasteiger partial charge < -0.3 is 8.74 Å². The monoisotopic (exact) mass is 245 g/mol. The van der Waals surface area contributed by atoms with Crippen molar-refractivity contribution in [3.63, 3.8) is 0 Å².